The molecule has 0 bridgehead atoms. The number of hydrogen-bond acceptors (Lipinski definition) is 3. The first-order chi connectivity index (χ1) is 15.3. The van der Waals surface area contributed by atoms with Crippen molar-refractivity contribution in [3.8, 4) is 0 Å². The average Bonchev–Trinajstić information content (AvgIpc) is 2.78. The summed E-state index contributed by atoms with van der Waals surface area (Å²) in [6, 6.07) is 21.4. The van der Waals surface area contributed by atoms with Gasteiger partial charge in [-0.15, -0.1) is 0 Å². The van der Waals surface area contributed by atoms with Crippen molar-refractivity contribution in [2.75, 3.05) is 5.32 Å². The molecule has 1 N–H and O–H groups in total. The largest absolute Gasteiger partial charge is 0.325 e. The third-order valence-electron chi connectivity index (χ3n) is 5.95. The summed E-state index contributed by atoms with van der Waals surface area (Å²) in [6.45, 7) is 6.24. The molecule has 1 aliphatic rings. The molecule has 5 nitrogen and oxygen atoms in total. The Labute approximate surface area is 190 Å². The van der Waals surface area contributed by atoms with Gasteiger partial charge in [0.1, 0.15) is 6.04 Å². The normalized spacial score (nSPS) is 16.6. The Morgan fingerprint density at radius 2 is 1.66 bits per heavy atom. The van der Waals surface area contributed by atoms with E-state index in [-0.39, 0.29) is 17.3 Å². The van der Waals surface area contributed by atoms with Gasteiger partial charge in [0.05, 0.1) is 4.90 Å². The zero-order chi connectivity index (χ0) is 22.9. The molecule has 6 heteroatoms. The third kappa shape index (κ3) is 4.47. The molecule has 3 aromatic carbocycles. The van der Waals surface area contributed by atoms with E-state index in [0.717, 1.165) is 16.7 Å². The van der Waals surface area contributed by atoms with Crippen LogP contribution in [0.15, 0.2) is 77.7 Å². The summed E-state index contributed by atoms with van der Waals surface area (Å²) in [6.07, 6.45) is 0.330. The maximum atomic E-state index is 13.6. The Bertz CT molecular complexity index is 1230. The zero-order valence-electron chi connectivity index (χ0n) is 18.6. The molecule has 0 radical (unpaired) electrons. The standard InChI is InChI=1S/C26H28N2O3S/c1-18(2)20-11-13-23(14-12-20)27-26(29)25-16-21-8-4-5-9-22(21)17-28(25)32(30,31)24-10-6-7-19(3)15-24/h4-15,18,25H,16-17H2,1-3H3,(H,27,29)/t25-/m0/s1. The monoisotopic (exact) mass is 448 g/mol. The van der Waals surface area contributed by atoms with Crippen LogP contribution in [0.1, 0.15) is 42.0 Å². The second-order valence-electron chi connectivity index (χ2n) is 8.62. The van der Waals surface area contributed by atoms with Crippen molar-refractivity contribution in [3.63, 3.8) is 0 Å². The molecule has 1 atom stereocenters. The smallest absolute Gasteiger partial charge is 0.244 e. The number of benzene rings is 3. The van der Waals surface area contributed by atoms with Crippen LogP contribution in [0.4, 0.5) is 5.69 Å². The highest BCUT2D eigenvalue weighted by atomic mass is 32.2. The summed E-state index contributed by atoms with van der Waals surface area (Å²) in [5.74, 6) is 0.0672. The number of aryl methyl sites for hydroxylation is 1. The van der Waals surface area contributed by atoms with Gasteiger partial charge in [0.25, 0.3) is 0 Å². The van der Waals surface area contributed by atoms with Crippen molar-refractivity contribution >= 4 is 21.6 Å². The van der Waals surface area contributed by atoms with E-state index in [1.807, 2.05) is 61.5 Å². The first-order valence-corrected chi connectivity index (χ1v) is 12.3. The fraction of sp³-hybridized carbons (Fsp3) is 0.269. The van der Waals surface area contributed by atoms with Crippen LogP contribution in [0.25, 0.3) is 0 Å². The van der Waals surface area contributed by atoms with Gasteiger partial charge in [-0.1, -0.05) is 62.4 Å². The van der Waals surface area contributed by atoms with Gasteiger partial charge in [-0.3, -0.25) is 4.79 Å². The van der Waals surface area contributed by atoms with E-state index >= 15 is 0 Å². The summed E-state index contributed by atoms with van der Waals surface area (Å²) in [5.41, 5.74) is 4.62. The molecule has 4 rings (SSSR count). The van der Waals surface area contributed by atoms with Crippen molar-refractivity contribution in [2.24, 2.45) is 0 Å². The molecular weight excluding hydrogens is 420 g/mol. The molecule has 0 aromatic heterocycles. The number of nitrogens with one attached hydrogen (secondary N) is 1. The van der Waals surface area contributed by atoms with Gasteiger partial charge in [-0.05, 0) is 65.8 Å². The van der Waals surface area contributed by atoms with Crippen molar-refractivity contribution in [1.29, 1.82) is 0 Å². The van der Waals surface area contributed by atoms with Crippen LogP contribution >= 0.6 is 0 Å². The van der Waals surface area contributed by atoms with Gasteiger partial charge in [0.15, 0.2) is 0 Å². The van der Waals surface area contributed by atoms with Gasteiger partial charge >= 0.3 is 0 Å². The molecule has 1 heterocycles. The van der Waals surface area contributed by atoms with E-state index in [4.69, 9.17) is 0 Å². The molecule has 3 aromatic rings. The lowest BCUT2D eigenvalue weighted by Crippen LogP contribution is -2.50. The van der Waals surface area contributed by atoms with Crippen LogP contribution < -0.4 is 5.32 Å². The maximum Gasteiger partial charge on any atom is 0.244 e. The minimum absolute atomic E-state index is 0.164. The van der Waals surface area contributed by atoms with Crippen LogP contribution in [0.5, 0.6) is 0 Å². The summed E-state index contributed by atoms with van der Waals surface area (Å²) < 4.78 is 28.5. The highest BCUT2D eigenvalue weighted by Gasteiger charge is 2.39. The maximum absolute atomic E-state index is 13.6. The summed E-state index contributed by atoms with van der Waals surface area (Å²) in [4.78, 5) is 13.5. The molecule has 0 spiro atoms. The van der Waals surface area contributed by atoms with Gasteiger partial charge in [0.2, 0.25) is 15.9 Å². The number of fused-ring (bicyclic) bond motifs is 1. The molecule has 0 saturated carbocycles. The Morgan fingerprint density at radius 3 is 2.31 bits per heavy atom. The number of nitrogens with zero attached hydrogens (tertiary/aromatic N) is 1. The van der Waals surface area contributed by atoms with Gasteiger partial charge in [0, 0.05) is 12.2 Å². The zero-order valence-corrected chi connectivity index (χ0v) is 19.4. The molecule has 0 aliphatic carbocycles. The van der Waals surface area contributed by atoms with Crippen LogP contribution in [0, 0.1) is 6.92 Å². The molecule has 166 valence electrons. The number of carbonyl (C=O) groups is 1. The molecule has 32 heavy (non-hydrogen) atoms. The molecule has 0 fully saturated rings. The van der Waals surface area contributed by atoms with E-state index < -0.39 is 16.1 Å². The number of hydrogen-bond donors (Lipinski definition) is 1. The molecule has 0 saturated heterocycles. The van der Waals surface area contributed by atoms with Crippen LogP contribution in [0.3, 0.4) is 0 Å². The number of amides is 1. The summed E-state index contributed by atoms with van der Waals surface area (Å²) in [5, 5.41) is 2.93. The van der Waals surface area contributed by atoms with Crippen molar-refractivity contribution in [1.82, 2.24) is 4.31 Å². The van der Waals surface area contributed by atoms with E-state index in [9.17, 15) is 13.2 Å². The lowest BCUT2D eigenvalue weighted by molar-refractivity contribution is -0.120. The van der Waals surface area contributed by atoms with Gasteiger partial charge in [-0.2, -0.15) is 4.31 Å². The summed E-state index contributed by atoms with van der Waals surface area (Å²) in [7, 11) is -3.86. The van der Waals surface area contributed by atoms with Crippen LogP contribution in [-0.2, 0) is 27.8 Å². The number of sulfonamides is 1. The molecular formula is C26H28N2O3S. The summed E-state index contributed by atoms with van der Waals surface area (Å²) >= 11 is 0. The first kappa shape index (κ1) is 22.2. The Morgan fingerprint density at radius 1 is 0.969 bits per heavy atom. The Hall–Kier alpha value is -2.96. The first-order valence-electron chi connectivity index (χ1n) is 10.8. The van der Waals surface area contributed by atoms with E-state index in [0.29, 0.717) is 18.0 Å². The molecule has 1 aliphatic heterocycles. The Balaban J connectivity index is 1.67. The van der Waals surface area contributed by atoms with E-state index in [1.165, 1.54) is 9.87 Å². The minimum Gasteiger partial charge on any atom is -0.325 e. The van der Waals surface area contributed by atoms with Crippen LogP contribution in [-0.4, -0.2) is 24.7 Å². The van der Waals surface area contributed by atoms with Gasteiger partial charge in [-0.25, -0.2) is 8.42 Å². The number of carbonyl (C=O) groups excluding carboxylic acids is 1. The van der Waals surface area contributed by atoms with E-state index in [1.54, 1.807) is 18.2 Å². The predicted molar refractivity (Wildman–Crippen MR) is 127 cm³/mol. The van der Waals surface area contributed by atoms with Crippen molar-refractivity contribution < 1.29 is 13.2 Å². The Kier molecular flexibility index (Phi) is 6.17. The van der Waals surface area contributed by atoms with E-state index in [2.05, 4.69) is 19.2 Å². The highest BCUT2D eigenvalue weighted by Crippen LogP contribution is 2.30. The third-order valence-corrected chi connectivity index (χ3v) is 7.80. The lowest BCUT2D eigenvalue weighted by Gasteiger charge is -2.35. The second-order valence-corrected chi connectivity index (χ2v) is 10.5. The topological polar surface area (TPSA) is 66.5 Å². The van der Waals surface area contributed by atoms with Crippen molar-refractivity contribution in [3.05, 3.63) is 95.1 Å². The fourth-order valence-corrected chi connectivity index (χ4v) is 5.73. The highest BCUT2D eigenvalue weighted by molar-refractivity contribution is 7.89. The number of anilines is 1. The minimum atomic E-state index is -3.86. The molecule has 1 amide bonds. The lowest BCUT2D eigenvalue weighted by atomic mass is 9.95. The SMILES string of the molecule is Cc1cccc(S(=O)(=O)N2Cc3ccccc3C[C@H]2C(=O)Nc2ccc(C(C)C)cc2)c1. The predicted octanol–water partition coefficient (Wildman–Crippen LogP) is 4.87. The molecule has 0 unspecified atom stereocenters. The fourth-order valence-electron chi connectivity index (χ4n) is 4.06. The van der Waals surface area contributed by atoms with Gasteiger partial charge < -0.3 is 5.32 Å². The average molecular weight is 449 g/mol. The number of rotatable bonds is 5. The quantitative estimate of drug-likeness (QED) is 0.605. The second kappa shape index (κ2) is 8.88. The van der Waals surface area contributed by atoms with Crippen LogP contribution in [0.2, 0.25) is 0 Å². The van der Waals surface area contributed by atoms with Crippen molar-refractivity contribution in [2.45, 2.75) is 50.6 Å².